The molecule has 0 spiro atoms. The lowest BCUT2D eigenvalue weighted by molar-refractivity contribution is 0.0521. The number of nitrogens with zero attached hydrogens (tertiary/aromatic N) is 1. The van der Waals surface area contributed by atoms with Gasteiger partial charge in [-0.15, -0.1) is 0 Å². The molecular formula is C14H30N2O. The summed E-state index contributed by atoms with van der Waals surface area (Å²) in [5.74, 6) is 1.74. The van der Waals surface area contributed by atoms with E-state index in [9.17, 15) is 5.11 Å². The van der Waals surface area contributed by atoms with Gasteiger partial charge in [-0.05, 0) is 64.1 Å². The van der Waals surface area contributed by atoms with E-state index in [1.807, 2.05) is 6.92 Å². The first-order valence-electron chi connectivity index (χ1n) is 7.09. The Morgan fingerprint density at radius 1 is 1.35 bits per heavy atom. The predicted molar refractivity (Wildman–Crippen MR) is 72.9 cm³/mol. The van der Waals surface area contributed by atoms with Crippen LogP contribution >= 0.6 is 0 Å². The molecule has 1 fully saturated rings. The van der Waals surface area contributed by atoms with Crippen molar-refractivity contribution in [1.29, 1.82) is 0 Å². The predicted octanol–water partition coefficient (Wildman–Crippen LogP) is 1.84. The maximum absolute atomic E-state index is 9.82. The SMILES string of the molecule is CC(C)C1CCN(CCCC(C)(O)CN)CC1. The van der Waals surface area contributed by atoms with E-state index in [0.29, 0.717) is 6.54 Å². The third kappa shape index (κ3) is 5.36. The van der Waals surface area contributed by atoms with Gasteiger partial charge >= 0.3 is 0 Å². The van der Waals surface area contributed by atoms with E-state index in [0.717, 1.165) is 31.2 Å². The third-order valence-corrected chi connectivity index (χ3v) is 4.20. The van der Waals surface area contributed by atoms with Gasteiger partial charge in [-0.1, -0.05) is 13.8 Å². The van der Waals surface area contributed by atoms with E-state index in [2.05, 4.69) is 18.7 Å². The summed E-state index contributed by atoms with van der Waals surface area (Å²) in [5.41, 5.74) is 4.84. The summed E-state index contributed by atoms with van der Waals surface area (Å²) in [6.07, 6.45) is 4.54. The molecule has 17 heavy (non-hydrogen) atoms. The topological polar surface area (TPSA) is 49.5 Å². The van der Waals surface area contributed by atoms with Crippen LogP contribution in [0.1, 0.15) is 46.5 Å². The summed E-state index contributed by atoms with van der Waals surface area (Å²) < 4.78 is 0. The number of rotatable bonds is 6. The second-order valence-corrected chi connectivity index (χ2v) is 6.23. The minimum absolute atomic E-state index is 0.364. The van der Waals surface area contributed by atoms with Crippen LogP contribution in [-0.2, 0) is 0 Å². The fraction of sp³-hybridized carbons (Fsp3) is 1.00. The van der Waals surface area contributed by atoms with Crippen LogP contribution in [0.25, 0.3) is 0 Å². The maximum Gasteiger partial charge on any atom is 0.0741 e. The minimum atomic E-state index is -0.670. The molecule has 0 radical (unpaired) electrons. The van der Waals surface area contributed by atoms with Crippen molar-refractivity contribution in [3.05, 3.63) is 0 Å². The summed E-state index contributed by atoms with van der Waals surface area (Å²) in [5, 5.41) is 9.82. The average molecular weight is 242 g/mol. The number of aliphatic hydroxyl groups is 1. The van der Waals surface area contributed by atoms with Gasteiger partial charge in [-0.25, -0.2) is 0 Å². The van der Waals surface area contributed by atoms with Crippen LogP contribution in [0.4, 0.5) is 0 Å². The first-order valence-corrected chi connectivity index (χ1v) is 7.09. The van der Waals surface area contributed by atoms with Crippen molar-refractivity contribution in [2.45, 2.75) is 52.1 Å². The second-order valence-electron chi connectivity index (χ2n) is 6.23. The zero-order valence-electron chi connectivity index (χ0n) is 11.8. The Kier molecular flexibility index (Phi) is 5.90. The highest BCUT2D eigenvalue weighted by Crippen LogP contribution is 2.24. The van der Waals surface area contributed by atoms with Crippen molar-refractivity contribution < 1.29 is 5.11 Å². The highest BCUT2D eigenvalue weighted by atomic mass is 16.3. The van der Waals surface area contributed by atoms with Gasteiger partial charge < -0.3 is 15.7 Å². The minimum Gasteiger partial charge on any atom is -0.389 e. The van der Waals surface area contributed by atoms with Crippen LogP contribution in [0.3, 0.4) is 0 Å². The molecule has 0 aromatic carbocycles. The van der Waals surface area contributed by atoms with E-state index in [-0.39, 0.29) is 0 Å². The lowest BCUT2D eigenvalue weighted by Gasteiger charge is -2.34. The highest BCUT2D eigenvalue weighted by Gasteiger charge is 2.22. The first kappa shape index (κ1) is 14.9. The van der Waals surface area contributed by atoms with Gasteiger partial charge in [0.05, 0.1) is 5.60 Å². The molecule has 1 heterocycles. The first-order chi connectivity index (χ1) is 7.94. The van der Waals surface area contributed by atoms with Crippen molar-refractivity contribution in [1.82, 2.24) is 4.90 Å². The monoisotopic (exact) mass is 242 g/mol. The molecule has 1 atom stereocenters. The van der Waals surface area contributed by atoms with Gasteiger partial charge in [-0.2, -0.15) is 0 Å². The largest absolute Gasteiger partial charge is 0.389 e. The molecule has 3 N–H and O–H groups in total. The number of hydrogen-bond acceptors (Lipinski definition) is 3. The van der Waals surface area contributed by atoms with Crippen LogP contribution in [0.5, 0.6) is 0 Å². The number of likely N-dealkylation sites (tertiary alicyclic amines) is 1. The Hall–Kier alpha value is -0.120. The summed E-state index contributed by atoms with van der Waals surface area (Å²) in [6, 6.07) is 0. The Bertz CT molecular complexity index is 208. The molecule has 0 aromatic heterocycles. The lowest BCUT2D eigenvalue weighted by atomic mass is 9.86. The molecule has 0 saturated carbocycles. The standard InChI is InChI=1S/C14H30N2O/c1-12(2)13-5-9-16(10-6-13)8-4-7-14(3,17)11-15/h12-13,17H,4-11,15H2,1-3H3. The van der Waals surface area contributed by atoms with Gasteiger partial charge in [0.25, 0.3) is 0 Å². The Morgan fingerprint density at radius 2 is 1.94 bits per heavy atom. The Balaban J connectivity index is 2.14. The number of piperidine rings is 1. The Labute approximate surface area is 106 Å². The highest BCUT2D eigenvalue weighted by molar-refractivity contribution is 4.77. The molecule has 0 amide bonds. The van der Waals surface area contributed by atoms with Crippen molar-refractivity contribution in [3.63, 3.8) is 0 Å². The van der Waals surface area contributed by atoms with Gasteiger partial charge in [-0.3, -0.25) is 0 Å². The molecule has 0 aromatic rings. The fourth-order valence-electron chi connectivity index (χ4n) is 2.63. The van der Waals surface area contributed by atoms with Crippen LogP contribution in [0.15, 0.2) is 0 Å². The quantitative estimate of drug-likeness (QED) is 0.747. The summed E-state index contributed by atoms with van der Waals surface area (Å²) in [7, 11) is 0. The van der Waals surface area contributed by atoms with E-state index in [4.69, 9.17) is 5.73 Å². The van der Waals surface area contributed by atoms with Crippen molar-refractivity contribution in [3.8, 4) is 0 Å². The average Bonchev–Trinajstić information content (AvgIpc) is 2.29. The fourth-order valence-corrected chi connectivity index (χ4v) is 2.63. The molecule has 0 bridgehead atoms. The molecule has 1 unspecified atom stereocenters. The van der Waals surface area contributed by atoms with Crippen LogP contribution in [-0.4, -0.2) is 41.8 Å². The molecule has 1 saturated heterocycles. The molecular weight excluding hydrogens is 212 g/mol. The summed E-state index contributed by atoms with van der Waals surface area (Å²) in [4.78, 5) is 2.53. The lowest BCUT2D eigenvalue weighted by Crippen LogP contribution is -2.38. The van der Waals surface area contributed by atoms with Gasteiger partial charge in [0.1, 0.15) is 0 Å². The van der Waals surface area contributed by atoms with Crippen molar-refractivity contribution in [2.75, 3.05) is 26.2 Å². The van der Waals surface area contributed by atoms with E-state index >= 15 is 0 Å². The summed E-state index contributed by atoms with van der Waals surface area (Å²) >= 11 is 0. The molecule has 3 nitrogen and oxygen atoms in total. The Morgan fingerprint density at radius 3 is 2.41 bits per heavy atom. The van der Waals surface area contributed by atoms with Crippen LogP contribution < -0.4 is 5.73 Å². The van der Waals surface area contributed by atoms with E-state index in [1.165, 1.54) is 25.9 Å². The number of nitrogens with two attached hydrogens (primary N) is 1. The molecule has 1 rings (SSSR count). The maximum atomic E-state index is 9.82. The van der Waals surface area contributed by atoms with Crippen LogP contribution in [0, 0.1) is 11.8 Å². The van der Waals surface area contributed by atoms with Crippen LogP contribution in [0.2, 0.25) is 0 Å². The molecule has 3 heteroatoms. The van der Waals surface area contributed by atoms with Gasteiger partial charge in [0.15, 0.2) is 0 Å². The van der Waals surface area contributed by atoms with Crippen molar-refractivity contribution >= 4 is 0 Å². The molecule has 1 aliphatic heterocycles. The second kappa shape index (κ2) is 6.72. The smallest absolute Gasteiger partial charge is 0.0741 e. The normalized spacial score (nSPS) is 22.9. The zero-order chi connectivity index (χ0) is 12.9. The van der Waals surface area contributed by atoms with E-state index < -0.39 is 5.60 Å². The zero-order valence-corrected chi connectivity index (χ0v) is 11.8. The number of hydrogen-bond donors (Lipinski definition) is 2. The molecule has 1 aliphatic rings. The van der Waals surface area contributed by atoms with E-state index in [1.54, 1.807) is 0 Å². The van der Waals surface area contributed by atoms with Gasteiger partial charge in [0, 0.05) is 6.54 Å². The molecule has 102 valence electrons. The van der Waals surface area contributed by atoms with Crippen molar-refractivity contribution in [2.24, 2.45) is 17.6 Å². The third-order valence-electron chi connectivity index (χ3n) is 4.20. The van der Waals surface area contributed by atoms with Gasteiger partial charge in [0.2, 0.25) is 0 Å². The molecule has 0 aliphatic carbocycles. The summed E-state index contributed by atoms with van der Waals surface area (Å²) in [6.45, 7) is 10.4.